The fourth-order valence-corrected chi connectivity index (χ4v) is 17.7. The summed E-state index contributed by atoms with van der Waals surface area (Å²) in [4.78, 5) is 0. The molecule has 92 valence electrons. The third kappa shape index (κ3) is 7.09. The Hall–Kier alpha value is 1.09. The van der Waals surface area contributed by atoms with Crippen LogP contribution in [-0.2, 0) is 0 Å². The minimum absolute atomic E-state index is 1.08. The molecule has 0 saturated heterocycles. The molecule has 0 heterocycles. The number of hydrogen-bond acceptors (Lipinski definition) is 0. The molecule has 0 aliphatic carbocycles. The molecule has 2 heteroatoms. The van der Waals surface area contributed by atoms with Crippen LogP contribution in [-0.4, -0.2) is 22.3 Å². The van der Waals surface area contributed by atoms with E-state index < -0.39 is 18.4 Å². The molecule has 0 atom stereocenters. The fourth-order valence-electron chi connectivity index (χ4n) is 2.23. The Labute approximate surface area is 106 Å². The summed E-state index contributed by atoms with van der Waals surface area (Å²) in [5.74, 6) is 0. The van der Waals surface area contributed by atoms with Crippen molar-refractivity contribution in [3.63, 3.8) is 0 Å². The van der Waals surface area contributed by atoms with Crippen molar-refractivity contribution in [2.75, 3.05) is 3.90 Å². The molecule has 0 aromatic rings. The molecule has 0 aromatic heterocycles. The van der Waals surface area contributed by atoms with Crippen molar-refractivity contribution < 1.29 is 0 Å². The predicted molar refractivity (Wildman–Crippen MR) is 75.6 cm³/mol. The molecule has 0 aliphatic heterocycles. The van der Waals surface area contributed by atoms with Crippen LogP contribution >= 0.6 is 11.6 Å². The second-order valence-corrected chi connectivity index (χ2v) is 20.3. The second kappa shape index (κ2) is 10.3. The van der Waals surface area contributed by atoms with Crippen LogP contribution in [0.5, 0.6) is 0 Å². The zero-order valence-electron chi connectivity index (χ0n) is 10.9. The minimum atomic E-state index is -1.85. The van der Waals surface area contributed by atoms with Crippen LogP contribution in [0.2, 0.25) is 13.3 Å². The number of rotatable bonds is 10. The van der Waals surface area contributed by atoms with Crippen LogP contribution < -0.4 is 0 Å². The van der Waals surface area contributed by atoms with E-state index in [1.807, 2.05) is 0 Å². The molecule has 0 unspecified atom stereocenters. The molecule has 0 bridgehead atoms. The summed E-state index contributed by atoms with van der Waals surface area (Å²) in [7, 11) is 0. The molecule has 0 rings (SSSR count). The van der Waals surface area contributed by atoms with Crippen molar-refractivity contribution in [2.24, 2.45) is 0 Å². The quantitative estimate of drug-likeness (QED) is 0.358. The molecular weight excluding hydrogens is 310 g/mol. The third-order valence-corrected chi connectivity index (χ3v) is 21.0. The number of unbranched alkanes of at least 4 members (excludes halogenated alkanes) is 3. The second-order valence-electron chi connectivity index (χ2n) is 4.94. The first-order valence-electron chi connectivity index (χ1n) is 6.80. The Morgan fingerprint density at radius 1 is 0.733 bits per heavy atom. The molecule has 0 nitrogen and oxygen atoms in total. The number of hydrogen-bond donors (Lipinski definition) is 0. The Morgan fingerprint density at radius 3 is 1.27 bits per heavy atom. The van der Waals surface area contributed by atoms with Gasteiger partial charge in [-0.15, -0.1) is 0 Å². The van der Waals surface area contributed by atoms with Gasteiger partial charge in [0.05, 0.1) is 0 Å². The van der Waals surface area contributed by atoms with E-state index in [0.717, 1.165) is 3.90 Å². The fraction of sp³-hybridized carbons (Fsp3) is 1.00. The molecular formula is C13H29ClSn. The summed E-state index contributed by atoms with van der Waals surface area (Å²) in [6.45, 7) is 6.93. The summed E-state index contributed by atoms with van der Waals surface area (Å²) >= 11 is 4.48. The molecule has 0 spiro atoms. The van der Waals surface area contributed by atoms with E-state index in [4.69, 9.17) is 11.6 Å². The molecule has 0 saturated carbocycles. The van der Waals surface area contributed by atoms with Gasteiger partial charge >= 0.3 is 106 Å². The summed E-state index contributed by atoms with van der Waals surface area (Å²) < 4.78 is 5.73. The molecule has 0 aromatic carbocycles. The van der Waals surface area contributed by atoms with Gasteiger partial charge in [-0.05, 0) is 0 Å². The van der Waals surface area contributed by atoms with E-state index in [1.165, 1.54) is 38.5 Å². The van der Waals surface area contributed by atoms with E-state index in [2.05, 4.69) is 20.8 Å². The summed E-state index contributed by atoms with van der Waals surface area (Å²) in [5, 5.41) is 0. The average molecular weight is 340 g/mol. The van der Waals surface area contributed by atoms with Crippen molar-refractivity contribution in [3.05, 3.63) is 0 Å². The number of alkyl halides is 1. The molecule has 0 radical (unpaired) electrons. The van der Waals surface area contributed by atoms with Gasteiger partial charge in [-0.25, -0.2) is 0 Å². The maximum absolute atomic E-state index is 6.32. The van der Waals surface area contributed by atoms with Gasteiger partial charge < -0.3 is 0 Å². The summed E-state index contributed by atoms with van der Waals surface area (Å²) in [6.07, 6.45) is 8.39. The average Bonchev–Trinajstić information content (AvgIpc) is 2.29. The van der Waals surface area contributed by atoms with E-state index in [0.29, 0.717) is 0 Å². The van der Waals surface area contributed by atoms with Gasteiger partial charge in [0.25, 0.3) is 0 Å². The Bertz CT molecular complexity index is 115. The Kier molecular flexibility index (Phi) is 11.0. The van der Waals surface area contributed by atoms with Gasteiger partial charge in [-0.2, -0.15) is 0 Å². The predicted octanol–water partition coefficient (Wildman–Crippen LogP) is 5.61. The van der Waals surface area contributed by atoms with Gasteiger partial charge in [0.2, 0.25) is 0 Å². The molecule has 15 heavy (non-hydrogen) atoms. The van der Waals surface area contributed by atoms with Crippen molar-refractivity contribution in [1.29, 1.82) is 0 Å². The maximum atomic E-state index is 6.32. The standard InChI is InChI=1S/3C4H9.CH2Cl.Sn/c3*1-3-4-2;1-2;/h3*1,3-4H2,2H3;1H2;. The molecule has 0 N–H and O–H groups in total. The van der Waals surface area contributed by atoms with Crippen LogP contribution in [0, 0.1) is 0 Å². The topological polar surface area (TPSA) is 0 Å². The van der Waals surface area contributed by atoms with Crippen LogP contribution in [0.25, 0.3) is 0 Å². The summed E-state index contributed by atoms with van der Waals surface area (Å²) in [5.41, 5.74) is 0. The van der Waals surface area contributed by atoms with Gasteiger partial charge in [-0.1, -0.05) is 0 Å². The van der Waals surface area contributed by atoms with E-state index in [1.54, 1.807) is 13.3 Å². The Balaban J connectivity index is 4.16. The summed E-state index contributed by atoms with van der Waals surface area (Å²) in [6, 6.07) is 0. The van der Waals surface area contributed by atoms with Crippen LogP contribution in [0.3, 0.4) is 0 Å². The third-order valence-electron chi connectivity index (χ3n) is 3.47. The van der Waals surface area contributed by atoms with Gasteiger partial charge in [0.1, 0.15) is 0 Å². The zero-order valence-corrected chi connectivity index (χ0v) is 14.6. The van der Waals surface area contributed by atoms with Crippen molar-refractivity contribution in [2.45, 2.75) is 72.6 Å². The first-order valence-corrected chi connectivity index (χ1v) is 15.4. The van der Waals surface area contributed by atoms with E-state index in [9.17, 15) is 0 Å². The van der Waals surface area contributed by atoms with Crippen LogP contribution in [0.15, 0.2) is 0 Å². The van der Waals surface area contributed by atoms with Crippen LogP contribution in [0.1, 0.15) is 59.3 Å². The van der Waals surface area contributed by atoms with E-state index >= 15 is 0 Å². The van der Waals surface area contributed by atoms with Crippen molar-refractivity contribution in [3.8, 4) is 0 Å². The first-order chi connectivity index (χ1) is 7.24. The van der Waals surface area contributed by atoms with Crippen molar-refractivity contribution >= 4 is 30.0 Å². The normalized spacial score (nSPS) is 12.0. The monoisotopic (exact) mass is 340 g/mol. The van der Waals surface area contributed by atoms with Crippen molar-refractivity contribution in [1.82, 2.24) is 0 Å². The number of halogens is 1. The van der Waals surface area contributed by atoms with Gasteiger partial charge in [-0.3, -0.25) is 0 Å². The van der Waals surface area contributed by atoms with E-state index in [-0.39, 0.29) is 0 Å². The molecule has 0 fully saturated rings. The first kappa shape index (κ1) is 16.1. The SMILES string of the molecule is CCC[CH2][Sn]([CH2]Cl)([CH2]CCC)[CH2]CCC. The molecule has 0 aliphatic rings. The van der Waals surface area contributed by atoms with Gasteiger partial charge in [0.15, 0.2) is 0 Å². The molecule has 0 amide bonds. The zero-order chi connectivity index (χ0) is 11.6. The Morgan fingerprint density at radius 2 is 1.07 bits per heavy atom. The van der Waals surface area contributed by atoms with Crippen LogP contribution in [0.4, 0.5) is 0 Å². The van der Waals surface area contributed by atoms with Gasteiger partial charge in [0, 0.05) is 0 Å².